The maximum atomic E-state index is 12.3. The average Bonchev–Trinajstić information content (AvgIpc) is 3.32. The summed E-state index contributed by atoms with van der Waals surface area (Å²) < 4.78 is 7.14. The molecule has 3 aromatic carbocycles. The van der Waals surface area contributed by atoms with Crippen molar-refractivity contribution in [3.63, 3.8) is 0 Å². The molecule has 35 heavy (non-hydrogen) atoms. The van der Waals surface area contributed by atoms with Crippen LogP contribution in [-0.4, -0.2) is 39.7 Å². The molecule has 1 amide bonds. The third kappa shape index (κ3) is 6.59. The summed E-state index contributed by atoms with van der Waals surface area (Å²) >= 11 is 7.35. The highest BCUT2D eigenvalue weighted by Gasteiger charge is 2.17. The summed E-state index contributed by atoms with van der Waals surface area (Å²) in [6.07, 6.45) is 5.20. The Bertz CT molecular complexity index is 1320. The van der Waals surface area contributed by atoms with E-state index in [1.807, 2.05) is 77.4 Å². The van der Waals surface area contributed by atoms with E-state index >= 15 is 0 Å². The SMILES string of the molecule is COc1ccc(-c2nnc(SCC(=O)N/N=C/C=C/c3ccccc3)n2-c2ccc(Cl)cc2)cc1. The molecule has 0 unspecified atom stereocenters. The monoisotopic (exact) mass is 503 g/mol. The van der Waals surface area contributed by atoms with Crippen molar-refractivity contribution in [2.75, 3.05) is 12.9 Å². The van der Waals surface area contributed by atoms with Gasteiger partial charge in [0.2, 0.25) is 0 Å². The lowest BCUT2D eigenvalue weighted by molar-refractivity contribution is -0.118. The van der Waals surface area contributed by atoms with E-state index in [0.717, 1.165) is 22.6 Å². The van der Waals surface area contributed by atoms with Gasteiger partial charge < -0.3 is 4.74 Å². The highest BCUT2D eigenvalue weighted by molar-refractivity contribution is 7.99. The van der Waals surface area contributed by atoms with Gasteiger partial charge >= 0.3 is 0 Å². The van der Waals surface area contributed by atoms with Crippen LogP contribution in [0.25, 0.3) is 23.2 Å². The van der Waals surface area contributed by atoms with Gasteiger partial charge in [0.05, 0.1) is 12.9 Å². The number of nitrogens with one attached hydrogen (secondary N) is 1. The molecule has 0 bridgehead atoms. The number of ether oxygens (including phenoxy) is 1. The molecule has 176 valence electrons. The van der Waals surface area contributed by atoms with Gasteiger partial charge in [0, 0.05) is 22.5 Å². The van der Waals surface area contributed by atoms with Gasteiger partial charge in [-0.1, -0.05) is 59.8 Å². The van der Waals surface area contributed by atoms with Crippen molar-refractivity contribution in [1.29, 1.82) is 0 Å². The molecule has 0 saturated carbocycles. The van der Waals surface area contributed by atoms with E-state index in [2.05, 4.69) is 20.7 Å². The molecule has 0 spiro atoms. The van der Waals surface area contributed by atoms with Crippen molar-refractivity contribution in [3.8, 4) is 22.8 Å². The average molecular weight is 504 g/mol. The standard InChI is InChI=1S/C26H22ClN5O2S/c1-34-23-15-9-20(10-16-23)25-30-31-26(32(25)22-13-11-21(27)12-14-22)35-18-24(33)29-28-17-5-8-19-6-3-2-4-7-19/h2-17H,18H2,1H3,(H,29,33)/b8-5+,28-17+. The number of hydrogen-bond donors (Lipinski definition) is 1. The van der Waals surface area contributed by atoms with Crippen LogP contribution < -0.4 is 10.2 Å². The first kappa shape index (κ1) is 24.3. The van der Waals surface area contributed by atoms with Crippen LogP contribution in [0.1, 0.15) is 5.56 Å². The summed E-state index contributed by atoms with van der Waals surface area (Å²) in [6.45, 7) is 0. The van der Waals surface area contributed by atoms with Crippen LogP contribution in [0.15, 0.2) is 95.2 Å². The molecule has 1 aromatic heterocycles. The number of halogens is 1. The number of nitrogens with zero attached hydrogens (tertiary/aromatic N) is 4. The fraction of sp³-hybridized carbons (Fsp3) is 0.0769. The van der Waals surface area contributed by atoms with Gasteiger partial charge in [0.25, 0.3) is 5.91 Å². The van der Waals surface area contributed by atoms with Gasteiger partial charge in [0.15, 0.2) is 11.0 Å². The molecule has 1 N–H and O–H groups in total. The summed E-state index contributed by atoms with van der Waals surface area (Å²) in [5, 5.41) is 13.9. The molecule has 0 atom stereocenters. The van der Waals surface area contributed by atoms with E-state index in [0.29, 0.717) is 16.0 Å². The highest BCUT2D eigenvalue weighted by atomic mass is 35.5. The third-order valence-electron chi connectivity index (χ3n) is 4.84. The second kappa shape index (κ2) is 12.0. The summed E-state index contributed by atoms with van der Waals surface area (Å²) in [5.74, 6) is 1.25. The molecule has 0 saturated heterocycles. The molecule has 7 nitrogen and oxygen atoms in total. The first-order valence-electron chi connectivity index (χ1n) is 10.7. The maximum absolute atomic E-state index is 12.3. The molecule has 4 rings (SSSR count). The Kier molecular flexibility index (Phi) is 8.32. The van der Waals surface area contributed by atoms with E-state index in [9.17, 15) is 4.79 Å². The van der Waals surface area contributed by atoms with E-state index in [1.165, 1.54) is 18.0 Å². The molecule has 0 fully saturated rings. The molecular weight excluding hydrogens is 482 g/mol. The van der Waals surface area contributed by atoms with E-state index in [1.54, 1.807) is 25.3 Å². The van der Waals surface area contributed by atoms with E-state index < -0.39 is 0 Å². The van der Waals surface area contributed by atoms with Crippen LogP contribution >= 0.6 is 23.4 Å². The normalized spacial score (nSPS) is 11.3. The number of aromatic nitrogens is 3. The Balaban J connectivity index is 1.46. The molecule has 0 radical (unpaired) electrons. The number of allylic oxidation sites excluding steroid dienone is 1. The van der Waals surface area contributed by atoms with Gasteiger partial charge in [-0.15, -0.1) is 10.2 Å². The van der Waals surface area contributed by atoms with Crippen LogP contribution in [0.4, 0.5) is 0 Å². The van der Waals surface area contributed by atoms with Crippen molar-refractivity contribution in [1.82, 2.24) is 20.2 Å². The zero-order valence-electron chi connectivity index (χ0n) is 18.8. The predicted molar refractivity (Wildman–Crippen MR) is 141 cm³/mol. The fourth-order valence-corrected chi connectivity index (χ4v) is 4.02. The lowest BCUT2D eigenvalue weighted by Crippen LogP contribution is -2.19. The number of carbonyl (C=O) groups excluding carboxylic acids is 1. The minimum absolute atomic E-state index is 0.119. The first-order valence-corrected chi connectivity index (χ1v) is 12.0. The van der Waals surface area contributed by atoms with Gasteiger partial charge in [-0.2, -0.15) is 5.10 Å². The van der Waals surface area contributed by atoms with Crippen LogP contribution in [-0.2, 0) is 4.79 Å². The zero-order valence-corrected chi connectivity index (χ0v) is 20.4. The first-order chi connectivity index (χ1) is 17.1. The number of carbonyl (C=O) groups is 1. The van der Waals surface area contributed by atoms with Gasteiger partial charge in [-0.3, -0.25) is 9.36 Å². The third-order valence-corrected chi connectivity index (χ3v) is 6.02. The second-order valence-corrected chi connectivity index (χ2v) is 8.60. The lowest BCUT2D eigenvalue weighted by atomic mass is 10.2. The summed E-state index contributed by atoms with van der Waals surface area (Å²) in [4.78, 5) is 12.3. The largest absolute Gasteiger partial charge is 0.497 e. The molecule has 4 aromatic rings. The minimum atomic E-state index is -0.254. The van der Waals surface area contributed by atoms with Crippen molar-refractivity contribution < 1.29 is 9.53 Å². The molecule has 9 heteroatoms. The number of methoxy groups -OCH3 is 1. The molecule has 0 aliphatic rings. The van der Waals surface area contributed by atoms with Gasteiger partial charge in [0.1, 0.15) is 5.75 Å². The zero-order chi connectivity index (χ0) is 24.5. The van der Waals surface area contributed by atoms with E-state index in [4.69, 9.17) is 16.3 Å². The summed E-state index contributed by atoms with van der Waals surface area (Å²) in [5.41, 5.74) is 5.27. The number of thioether (sulfide) groups is 1. The van der Waals surface area contributed by atoms with Crippen molar-refractivity contribution in [2.24, 2.45) is 5.10 Å². The topological polar surface area (TPSA) is 81.4 Å². The summed E-state index contributed by atoms with van der Waals surface area (Å²) in [7, 11) is 1.62. The Morgan fingerprint density at radius 1 is 1.06 bits per heavy atom. The number of hydrogen-bond acceptors (Lipinski definition) is 6. The molecule has 0 aliphatic heterocycles. The number of hydrazone groups is 1. The minimum Gasteiger partial charge on any atom is -0.497 e. The molecular formula is C26H22ClN5O2S. The van der Waals surface area contributed by atoms with Crippen LogP contribution in [0.2, 0.25) is 5.02 Å². The number of benzene rings is 3. The van der Waals surface area contributed by atoms with Crippen molar-refractivity contribution in [2.45, 2.75) is 5.16 Å². The van der Waals surface area contributed by atoms with Gasteiger partial charge in [-0.25, -0.2) is 5.43 Å². The maximum Gasteiger partial charge on any atom is 0.250 e. The fourth-order valence-electron chi connectivity index (χ4n) is 3.15. The Hall–Kier alpha value is -3.88. The second-order valence-electron chi connectivity index (χ2n) is 7.22. The highest BCUT2D eigenvalue weighted by Crippen LogP contribution is 2.29. The van der Waals surface area contributed by atoms with Crippen LogP contribution in [0.5, 0.6) is 5.75 Å². The van der Waals surface area contributed by atoms with Gasteiger partial charge in [-0.05, 0) is 60.2 Å². The smallest absolute Gasteiger partial charge is 0.250 e. The molecule has 1 heterocycles. The Morgan fingerprint density at radius 2 is 1.80 bits per heavy atom. The molecule has 0 aliphatic carbocycles. The lowest BCUT2D eigenvalue weighted by Gasteiger charge is -2.11. The predicted octanol–water partition coefficient (Wildman–Crippen LogP) is 5.50. The Labute approximate surface area is 212 Å². The number of amides is 1. The van der Waals surface area contributed by atoms with Crippen LogP contribution in [0, 0.1) is 0 Å². The van der Waals surface area contributed by atoms with Crippen LogP contribution in [0.3, 0.4) is 0 Å². The summed E-state index contributed by atoms with van der Waals surface area (Å²) in [6, 6.07) is 24.7. The van der Waals surface area contributed by atoms with E-state index in [-0.39, 0.29) is 11.7 Å². The van der Waals surface area contributed by atoms with Crippen molar-refractivity contribution in [3.05, 3.63) is 95.5 Å². The van der Waals surface area contributed by atoms with Crippen molar-refractivity contribution >= 4 is 41.6 Å². The number of rotatable bonds is 9. The quantitative estimate of drug-likeness (QED) is 0.185. The Morgan fingerprint density at radius 3 is 2.51 bits per heavy atom.